The molecule has 3 N–H and O–H groups in total. The zero-order valence-corrected chi connectivity index (χ0v) is 20.4. The summed E-state index contributed by atoms with van der Waals surface area (Å²) in [5.74, 6) is 1.38. The highest BCUT2D eigenvalue weighted by molar-refractivity contribution is 6.32. The Kier molecular flexibility index (Phi) is 6.72. The number of fused-ring (bicyclic) bond motifs is 6. The van der Waals surface area contributed by atoms with Crippen LogP contribution in [0.15, 0.2) is 48.3 Å². The minimum absolute atomic E-state index is 0.0172. The quantitative estimate of drug-likeness (QED) is 0.552. The summed E-state index contributed by atoms with van der Waals surface area (Å²) in [4.78, 5) is 35.4. The Labute approximate surface area is 209 Å². The van der Waals surface area contributed by atoms with Crippen LogP contribution >= 0.6 is 11.6 Å². The molecule has 8 nitrogen and oxygen atoms in total. The maximum atomic E-state index is 13.1. The Morgan fingerprint density at radius 1 is 1.17 bits per heavy atom. The van der Waals surface area contributed by atoms with Crippen molar-refractivity contribution in [3.63, 3.8) is 0 Å². The van der Waals surface area contributed by atoms with E-state index in [9.17, 15) is 9.59 Å². The number of aryl methyl sites for hydroxylation is 1. The predicted octanol–water partition coefficient (Wildman–Crippen LogP) is 4.89. The van der Waals surface area contributed by atoms with Crippen molar-refractivity contribution < 1.29 is 9.59 Å². The summed E-state index contributed by atoms with van der Waals surface area (Å²) in [7, 11) is 0. The number of nitrogens with one attached hydrogen (secondary N) is 3. The minimum atomic E-state index is -0.0938. The highest BCUT2D eigenvalue weighted by atomic mass is 35.5. The fourth-order valence-corrected chi connectivity index (χ4v) is 5.00. The van der Waals surface area contributed by atoms with Crippen LogP contribution in [0.25, 0.3) is 0 Å². The van der Waals surface area contributed by atoms with Crippen molar-refractivity contribution in [2.75, 3.05) is 29.0 Å². The molecule has 9 heteroatoms. The predicted molar refractivity (Wildman–Crippen MR) is 138 cm³/mol. The number of hydrogen-bond acceptors (Lipinski definition) is 6. The summed E-state index contributed by atoms with van der Waals surface area (Å²) < 4.78 is 0. The highest BCUT2D eigenvalue weighted by Gasteiger charge is 2.26. The largest absolute Gasteiger partial charge is 0.343 e. The first-order chi connectivity index (χ1) is 16.9. The maximum absolute atomic E-state index is 13.1. The molecule has 35 heavy (non-hydrogen) atoms. The Morgan fingerprint density at radius 2 is 2.00 bits per heavy atom. The molecule has 1 saturated heterocycles. The van der Waals surface area contributed by atoms with Gasteiger partial charge in [-0.25, -0.2) is 4.98 Å². The Hall–Kier alpha value is -3.39. The lowest BCUT2D eigenvalue weighted by Crippen LogP contribution is -2.40. The number of carbonyl (C=O) groups is 2. The third kappa shape index (κ3) is 5.48. The second-order valence-corrected chi connectivity index (χ2v) is 9.77. The number of aromatic nitrogens is 2. The van der Waals surface area contributed by atoms with E-state index in [2.05, 4.69) is 44.1 Å². The van der Waals surface area contributed by atoms with Crippen LogP contribution in [-0.4, -0.2) is 39.8 Å². The van der Waals surface area contributed by atoms with Gasteiger partial charge in [0.2, 0.25) is 17.8 Å². The van der Waals surface area contributed by atoms with Crippen molar-refractivity contribution in [1.29, 1.82) is 0 Å². The molecule has 1 aromatic carbocycles. The van der Waals surface area contributed by atoms with Gasteiger partial charge in [-0.05, 0) is 67.9 Å². The van der Waals surface area contributed by atoms with Gasteiger partial charge in [-0.1, -0.05) is 23.8 Å². The zero-order valence-electron chi connectivity index (χ0n) is 19.7. The number of hydrogen-bond donors (Lipinski definition) is 3. The van der Waals surface area contributed by atoms with Gasteiger partial charge in [0.1, 0.15) is 5.02 Å². The van der Waals surface area contributed by atoms with Gasteiger partial charge in [-0.15, -0.1) is 0 Å². The van der Waals surface area contributed by atoms with Gasteiger partial charge in [0, 0.05) is 43.0 Å². The molecular formula is C26H29ClN6O2. The van der Waals surface area contributed by atoms with Crippen LogP contribution in [0.1, 0.15) is 38.2 Å². The van der Waals surface area contributed by atoms with E-state index in [1.165, 1.54) is 0 Å². The number of halogens is 1. The van der Waals surface area contributed by atoms with Crippen molar-refractivity contribution in [2.24, 2.45) is 11.8 Å². The molecule has 2 amide bonds. The molecule has 1 aliphatic carbocycles. The lowest BCUT2D eigenvalue weighted by molar-refractivity contribution is -0.132. The first-order valence-electron chi connectivity index (χ1n) is 12.1. The van der Waals surface area contributed by atoms with E-state index in [4.69, 9.17) is 11.6 Å². The number of rotatable bonds is 2. The number of carbonyl (C=O) groups excluding carboxylic acids is 2. The van der Waals surface area contributed by atoms with Crippen molar-refractivity contribution in [3.8, 4) is 0 Å². The summed E-state index contributed by atoms with van der Waals surface area (Å²) in [6.07, 6.45) is 11.9. The summed E-state index contributed by atoms with van der Waals surface area (Å²) in [6, 6.07) is 5.92. The molecule has 0 saturated carbocycles. The van der Waals surface area contributed by atoms with Crippen molar-refractivity contribution >= 4 is 46.6 Å². The molecule has 1 atom stereocenters. The Morgan fingerprint density at radius 3 is 2.80 bits per heavy atom. The van der Waals surface area contributed by atoms with Gasteiger partial charge in [0.15, 0.2) is 5.82 Å². The summed E-state index contributed by atoms with van der Waals surface area (Å²) in [6.45, 7) is 2.83. The van der Waals surface area contributed by atoms with Crippen LogP contribution in [0.2, 0.25) is 5.02 Å². The van der Waals surface area contributed by atoms with E-state index in [1.807, 2.05) is 18.2 Å². The van der Waals surface area contributed by atoms with Gasteiger partial charge >= 0.3 is 0 Å². The van der Waals surface area contributed by atoms with Gasteiger partial charge in [-0.2, -0.15) is 4.98 Å². The molecule has 0 radical (unpaired) electrons. The molecule has 2 aromatic rings. The SMILES string of the molecule is CC(=O)N1CCC(C(=O)Nc2ccc3cc2CCC2C=CC=C(C2)Nc2ncc(Cl)c(n2)N3)CC1. The third-order valence-corrected chi connectivity index (χ3v) is 7.18. The number of nitrogens with zero attached hydrogens (tertiary/aromatic N) is 3. The fourth-order valence-electron chi connectivity index (χ4n) is 4.87. The van der Waals surface area contributed by atoms with E-state index in [0.29, 0.717) is 48.6 Å². The van der Waals surface area contributed by atoms with Crippen molar-refractivity contribution in [3.05, 3.63) is 58.9 Å². The van der Waals surface area contributed by atoms with Gasteiger partial charge in [0.25, 0.3) is 0 Å². The lowest BCUT2D eigenvalue weighted by atomic mass is 9.91. The van der Waals surface area contributed by atoms with E-state index in [1.54, 1.807) is 18.0 Å². The van der Waals surface area contributed by atoms with Gasteiger partial charge < -0.3 is 20.9 Å². The average molecular weight is 493 g/mol. The standard InChI is InChI=1S/C26H29ClN6O2/c1-16(34)33-11-9-18(10-12-33)25(35)31-23-8-7-21-14-19(23)6-5-17-3-2-4-20(13-17)30-26-28-15-22(27)24(29-21)32-26/h2-4,7-8,14-15,17-18H,5-6,9-13H2,1H3,(H,31,35)(H2,28,29,30,32). The Balaban J connectivity index is 1.39. The molecule has 6 bridgehead atoms. The van der Waals surface area contributed by atoms with E-state index in [-0.39, 0.29) is 17.7 Å². The van der Waals surface area contributed by atoms with Crippen molar-refractivity contribution in [2.45, 2.75) is 39.0 Å². The number of piperidine rings is 1. The first kappa shape index (κ1) is 23.4. The van der Waals surface area contributed by atoms with Gasteiger partial charge in [0.05, 0.1) is 6.20 Å². The summed E-state index contributed by atoms with van der Waals surface area (Å²) in [5, 5.41) is 10.2. The minimum Gasteiger partial charge on any atom is -0.343 e. The monoisotopic (exact) mass is 492 g/mol. The molecule has 1 aromatic heterocycles. The van der Waals surface area contributed by atoms with Crippen LogP contribution in [0.3, 0.4) is 0 Å². The molecule has 182 valence electrons. The summed E-state index contributed by atoms with van der Waals surface area (Å²) >= 11 is 6.36. The summed E-state index contributed by atoms with van der Waals surface area (Å²) in [5.41, 5.74) is 3.79. The number of benzene rings is 1. The average Bonchev–Trinajstić information content (AvgIpc) is 2.86. The number of likely N-dealkylation sites (tertiary alicyclic amines) is 1. The molecule has 3 aliphatic rings. The van der Waals surface area contributed by atoms with E-state index >= 15 is 0 Å². The first-order valence-corrected chi connectivity index (χ1v) is 12.5. The molecule has 2 aliphatic heterocycles. The van der Waals surface area contributed by atoms with Crippen LogP contribution in [0.5, 0.6) is 0 Å². The molecule has 0 spiro atoms. The molecule has 1 unspecified atom stereocenters. The fraction of sp³-hybridized carbons (Fsp3) is 0.385. The van der Waals surface area contributed by atoms with Crippen LogP contribution in [0, 0.1) is 11.8 Å². The topological polar surface area (TPSA) is 99.3 Å². The molecule has 3 heterocycles. The maximum Gasteiger partial charge on any atom is 0.228 e. The third-order valence-electron chi connectivity index (χ3n) is 6.90. The van der Waals surface area contributed by atoms with Crippen LogP contribution in [-0.2, 0) is 16.0 Å². The van der Waals surface area contributed by atoms with E-state index < -0.39 is 0 Å². The highest BCUT2D eigenvalue weighted by Crippen LogP contribution is 2.32. The Bertz CT molecular complexity index is 1200. The molecule has 1 fully saturated rings. The molecule has 5 rings (SSSR count). The molecular weight excluding hydrogens is 464 g/mol. The van der Waals surface area contributed by atoms with Gasteiger partial charge in [-0.3, -0.25) is 9.59 Å². The smallest absolute Gasteiger partial charge is 0.228 e. The van der Waals surface area contributed by atoms with E-state index in [0.717, 1.165) is 41.9 Å². The lowest BCUT2D eigenvalue weighted by Gasteiger charge is -2.30. The second kappa shape index (κ2) is 10.1. The normalized spacial score (nSPS) is 19.8. The number of amides is 2. The van der Waals surface area contributed by atoms with Crippen LogP contribution < -0.4 is 16.0 Å². The second-order valence-electron chi connectivity index (χ2n) is 9.36. The van der Waals surface area contributed by atoms with Crippen LogP contribution in [0.4, 0.5) is 23.1 Å². The number of anilines is 4. The number of allylic oxidation sites excluding steroid dienone is 4. The van der Waals surface area contributed by atoms with Crippen molar-refractivity contribution in [1.82, 2.24) is 14.9 Å². The zero-order chi connectivity index (χ0) is 24.4.